The molecule has 1 aromatic rings. The lowest BCUT2D eigenvalue weighted by molar-refractivity contribution is -0.170. The van der Waals surface area contributed by atoms with E-state index in [2.05, 4.69) is 5.32 Å². The Kier molecular flexibility index (Phi) is 8.97. The highest BCUT2D eigenvalue weighted by molar-refractivity contribution is 5.98. The van der Waals surface area contributed by atoms with Crippen LogP contribution in [0.5, 0.6) is 0 Å². The van der Waals surface area contributed by atoms with Crippen LogP contribution in [0.3, 0.4) is 0 Å². The quantitative estimate of drug-likeness (QED) is 0.632. The predicted molar refractivity (Wildman–Crippen MR) is 101 cm³/mol. The Hall–Kier alpha value is -2.22. The minimum atomic E-state index is -0.736. The minimum absolute atomic E-state index is 0.311. The Balaban J connectivity index is 2.20. The fourth-order valence-electron chi connectivity index (χ4n) is 2.68. The number of nitrogens with one attached hydrogen (secondary N) is 1. The van der Waals surface area contributed by atoms with Gasteiger partial charge in [0.05, 0.1) is 20.3 Å². The lowest BCUT2D eigenvalue weighted by Crippen LogP contribution is -2.47. The SMILES string of the molecule is CON(C)C(=O)[C@@H]1CC=CCOCCCCOCc2ccccc2C(=O)N1. The van der Waals surface area contributed by atoms with Crippen molar-refractivity contribution in [1.82, 2.24) is 10.4 Å². The number of rotatable bonds is 2. The van der Waals surface area contributed by atoms with E-state index in [0.29, 0.717) is 38.4 Å². The van der Waals surface area contributed by atoms with Crippen molar-refractivity contribution in [2.75, 3.05) is 34.0 Å². The maximum Gasteiger partial charge on any atom is 0.268 e. The van der Waals surface area contributed by atoms with Gasteiger partial charge in [-0.2, -0.15) is 0 Å². The predicted octanol–water partition coefficient (Wildman–Crippen LogP) is 2.08. The van der Waals surface area contributed by atoms with Crippen molar-refractivity contribution in [3.63, 3.8) is 0 Å². The summed E-state index contributed by atoms with van der Waals surface area (Å²) in [5, 5.41) is 3.93. The maximum absolute atomic E-state index is 12.8. The van der Waals surface area contributed by atoms with Crippen molar-refractivity contribution in [1.29, 1.82) is 0 Å². The van der Waals surface area contributed by atoms with Crippen molar-refractivity contribution in [2.24, 2.45) is 0 Å². The summed E-state index contributed by atoms with van der Waals surface area (Å²) in [4.78, 5) is 30.3. The smallest absolute Gasteiger partial charge is 0.268 e. The molecule has 1 N–H and O–H groups in total. The van der Waals surface area contributed by atoms with Crippen LogP contribution in [-0.2, 0) is 25.7 Å². The fraction of sp³-hybridized carbons (Fsp3) is 0.500. The van der Waals surface area contributed by atoms with Crippen LogP contribution in [0.15, 0.2) is 36.4 Å². The zero-order chi connectivity index (χ0) is 19.5. The number of hydroxylamine groups is 2. The third-order valence-corrected chi connectivity index (χ3v) is 4.29. The average Bonchev–Trinajstić information content (AvgIpc) is 2.69. The van der Waals surface area contributed by atoms with Crippen LogP contribution in [0.1, 0.15) is 35.2 Å². The second-order valence-corrected chi connectivity index (χ2v) is 6.24. The van der Waals surface area contributed by atoms with Crippen LogP contribution in [0.25, 0.3) is 0 Å². The van der Waals surface area contributed by atoms with Crippen molar-refractivity contribution in [2.45, 2.75) is 31.9 Å². The largest absolute Gasteiger partial charge is 0.377 e. The van der Waals surface area contributed by atoms with Gasteiger partial charge in [-0.1, -0.05) is 30.4 Å². The van der Waals surface area contributed by atoms with Gasteiger partial charge in [0, 0.05) is 25.8 Å². The normalized spacial score (nSPS) is 19.8. The molecule has 0 aromatic heterocycles. The van der Waals surface area contributed by atoms with Crippen LogP contribution in [0, 0.1) is 0 Å². The van der Waals surface area contributed by atoms with E-state index in [-0.39, 0.29) is 11.8 Å². The van der Waals surface area contributed by atoms with Crippen LogP contribution in [0.4, 0.5) is 0 Å². The topological polar surface area (TPSA) is 77.1 Å². The molecule has 0 saturated carbocycles. The number of hydrogen-bond donors (Lipinski definition) is 1. The van der Waals surface area contributed by atoms with Crippen molar-refractivity contribution in [3.05, 3.63) is 47.5 Å². The standard InChI is InChI=1S/C20H28N2O5/c1-22(25-2)20(24)18-11-5-6-12-26-13-7-8-14-27-15-16-9-3-4-10-17(16)19(23)21-18/h3-6,9-10,18H,7-8,11-15H2,1-2H3,(H,21,23)/t18-/m0/s1. The molecule has 0 aliphatic carbocycles. The molecule has 148 valence electrons. The first-order valence-corrected chi connectivity index (χ1v) is 9.14. The first kappa shape index (κ1) is 21.1. The zero-order valence-corrected chi connectivity index (χ0v) is 16.0. The Bertz CT molecular complexity index is 647. The highest BCUT2D eigenvalue weighted by Gasteiger charge is 2.24. The molecule has 0 spiro atoms. The number of hydrogen-bond acceptors (Lipinski definition) is 5. The molecule has 2 rings (SSSR count). The summed E-state index contributed by atoms with van der Waals surface area (Å²) in [6.07, 6.45) is 5.86. The van der Waals surface area contributed by atoms with E-state index in [1.165, 1.54) is 14.2 Å². The molecule has 1 atom stereocenters. The summed E-state index contributed by atoms with van der Waals surface area (Å²) in [6.45, 7) is 2.09. The first-order chi connectivity index (χ1) is 13.1. The number of benzene rings is 1. The lowest BCUT2D eigenvalue weighted by Gasteiger charge is -2.22. The molecule has 0 saturated heterocycles. The summed E-state index contributed by atoms with van der Waals surface area (Å²) in [5.41, 5.74) is 1.30. The third kappa shape index (κ3) is 6.78. The van der Waals surface area contributed by atoms with Gasteiger partial charge in [-0.3, -0.25) is 14.4 Å². The number of amides is 2. The monoisotopic (exact) mass is 376 g/mol. The van der Waals surface area contributed by atoms with E-state index in [9.17, 15) is 9.59 Å². The summed E-state index contributed by atoms with van der Waals surface area (Å²) >= 11 is 0. The number of likely N-dealkylation sites (N-methyl/N-ethyl adjacent to an activating group) is 1. The summed E-state index contributed by atoms with van der Waals surface area (Å²) in [5.74, 6) is -0.639. The highest BCUT2D eigenvalue weighted by Crippen LogP contribution is 2.12. The van der Waals surface area contributed by atoms with Gasteiger partial charge >= 0.3 is 0 Å². The molecule has 1 heterocycles. The number of carbonyl (C=O) groups excluding carboxylic acids is 2. The third-order valence-electron chi connectivity index (χ3n) is 4.29. The fourth-order valence-corrected chi connectivity index (χ4v) is 2.68. The van der Waals surface area contributed by atoms with Gasteiger partial charge in [0.1, 0.15) is 6.04 Å². The minimum Gasteiger partial charge on any atom is -0.377 e. The van der Waals surface area contributed by atoms with Crippen LogP contribution in [0.2, 0.25) is 0 Å². The number of fused-ring (bicyclic) bond motifs is 1. The molecule has 0 radical (unpaired) electrons. The number of nitrogens with zero attached hydrogens (tertiary/aromatic N) is 1. The number of ether oxygens (including phenoxy) is 2. The van der Waals surface area contributed by atoms with Gasteiger partial charge in [-0.15, -0.1) is 0 Å². The van der Waals surface area contributed by atoms with E-state index in [4.69, 9.17) is 14.3 Å². The molecule has 0 bridgehead atoms. The van der Waals surface area contributed by atoms with Gasteiger partial charge in [0.15, 0.2) is 0 Å². The summed E-state index contributed by atoms with van der Waals surface area (Å²) in [6, 6.07) is 6.53. The first-order valence-electron chi connectivity index (χ1n) is 9.14. The molecule has 7 heteroatoms. The van der Waals surface area contributed by atoms with Gasteiger partial charge in [-0.25, -0.2) is 5.06 Å². The Morgan fingerprint density at radius 3 is 2.70 bits per heavy atom. The molecule has 0 unspecified atom stereocenters. The van der Waals surface area contributed by atoms with E-state index in [1.807, 2.05) is 24.3 Å². The maximum atomic E-state index is 12.8. The molecule has 1 aliphatic rings. The Morgan fingerprint density at radius 1 is 1.19 bits per heavy atom. The highest BCUT2D eigenvalue weighted by atomic mass is 16.7. The van der Waals surface area contributed by atoms with E-state index in [0.717, 1.165) is 23.5 Å². The van der Waals surface area contributed by atoms with E-state index >= 15 is 0 Å². The van der Waals surface area contributed by atoms with Gasteiger partial charge in [-0.05, 0) is 30.9 Å². The van der Waals surface area contributed by atoms with Crippen LogP contribution < -0.4 is 5.32 Å². The number of carbonyl (C=O) groups is 2. The average molecular weight is 376 g/mol. The Morgan fingerprint density at radius 2 is 1.93 bits per heavy atom. The molecule has 2 amide bonds. The van der Waals surface area contributed by atoms with E-state index in [1.54, 1.807) is 12.1 Å². The van der Waals surface area contributed by atoms with Gasteiger partial charge in [0.25, 0.3) is 11.8 Å². The second kappa shape index (κ2) is 11.5. The lowest BCUT2D eigenvalue weighted by atomic mass is 10.1. The van der Waals surface area contributed by atoms with Gasteiger partial charge in [0.2, 0.25) is 0 Å². The summed E-state index contributed by atoms with van der Waals surface area (Å²) < 4.78 is 11.2. The van der Waals surface area contributed by atoms with E-state index < -0.39 is 6.04 Å². The van der Waals surface area contributed by atoms with Crippen molar-refractivity contribution >= 4 is 11.8 Å². The van der Waals surface area contributed by atoms with Crippen LogP contribution >= 0.6 is 0 Å². The van der Waals surface area contributed by atoms with Crippen LogP contribution in [-0.4, -0.2) is 56.9 Å². The second-order valence-electron chi connectivity index (χ2n) is 6.24. The molecule has 1 aliphatic heterocycles. The molecule has 0 fully saturated rings. The molecule has 1 aromatic carbocycles. The van der Waals surface area contributed by atoms with Gasteiger partial charge < -0.3 is 14.8 Å². The molecule has 27 heavy (non-hydrogen) atoms. The molecular weight excluding hydrogens is 348 g/mol. The molecular formula is C20H28N2O5. The zero-order valence-electron chi connectivity index (χ0n) is 16.0. The van der Waals surface area contributed by atoms with Crippen molar-refractivity contribution < 1.29 is 23.9 Å². The summed E-state index contributed by atoms with van der Waals surface area (Å²) in [7, 11) is 2.92. The van der Waals surface area contributed by atoms with Crippen molar-refractivity contribution in [3.8, 4) is 0 Å². The Labute approximate surface area is 160 Å². The molecule has 7 nitrogen and oxygen atoms in total.